The van der Waals surface area contributed by atoms with Crippen LogP contribution < -0.4 is 0 Å². The van der Waals surface area contributed by atoms with Gasteiger partial charge in [0.1, 0.15) is 5.82 Å². The molecule has 72 valence electrons. The summed E-state index contributed by atoms with van der Waals surface area (Å²) in [6.07, 6.45) is 0. The first-order valence-electron chi connectivity index (χ1n) is 3.92. The van der Waals surface area contributed by atoms with Crippen LogP contribution in [0.15, 0.2) is 18.2 Å². The van der Waals surface area contributed by atoms with Crippen molar-refractivity contribution in [2.75, 3.05) is 0 Å². The van der Waals surface area contributed by atoms with E-state index in [9.17, 15) is 4.39 Å². The van der Waals surface area contributed by atoms with E-state index in [0.29, 0.717) is 11.4 Å². The van der Waals surface area contributed by atoms with Crippen LogP contribution in [-0.2, 0) is 0 Å². The lowest BCUT2D eigenvalue weighted by atomic mass is 10.1. The minimum atomic E-state index is -0.196. The largest absolute Gasteiger partial charge is 0.209 e. The molecule has 0 atom stereocenters. The first-order chi connectivity index (χ1) is 6.66. The zero-order chi connectivity index (χ0) is 10.1. The van der Waals surface area contributed by atoms with Crippen molar-refractivity contribution in [2.45, 2.75) is 6.92 Å². The molecular formula is C9H6FIN2S. The lowest BCUT2D eigenvalue weighted by Gasteiger charge is -1.98. The molecule has 1 aromatic carbocycles. The van der Waals surface area contributed by atoms with Crippen molar-refractivity contribution in [3.05, 3.63) is 32.6 Å². The second-order valence-electron chi connectivity index (χ2n) is 2.83. The minimum absolute atomic E-state index is 0.196. The molecule has 14 heavy (non-hydrogen) atoms. The Kier molecular flexibility index (Phi) is 2.78. The molecule has 1 aromatic heterocycles. The van der Waals surface area contributed by atoms with E-state index >= 15 is 0 Å². The van der Waals surface area contributed by atoms with Crippen LogP contribution in [0.5, 0.6) is 0 Å². The second-order valence-corrected chi connectivity index (χ2v) is 5.34. The first-order valence-corrected chi connectivity index (χ1v) is 5.78. The molecule has 0 aliphatic rings. The molecule has 2 nitrogen and oxygen atoms in total. The van der Waals surface area contributed by atoms with Gasteiger partial charge in [0.15, 0.2) is 8.84 Å². The van der Waals surface area contributed by atoms with Crippen molar-refractivity contribution in [1.29, 1.82) is 0 Å². The Morgan fingerprint density at radius 3 is 2.79 bits per heavy atom. The van der Waals surface area contributed by atoms with Gasteiger partial charge in [-0.2, -0.15) is 4.37 Å². The lowest BCUT2D eigenvalue weighted by molar-refractivity contribution is 0.618. The maximum Gasteiger partial charge on any atom is 0.174 e. The molecule has 0 fully saturated rings. The molecular weight excluding hydrogens is 314 g/mol. The molecule has 1 heterocycles. The van der Waals surface area contributed by atoms with E-state index in [4.69, 9.17) is 0 Å². The van der Waals surface area contributed by atoms with Crippen LogP contribution in [0.1, 0.15) is 5.56 Å². The Morgan fingerprint density at radius 1 is 1.43 bits per heavy atom. The molecule has 0 N–H and O–H groups in total. The maximum atomic E-state index is 13.0. The topological polar surface area (TPSA) is 25.8 Å². The van der Waals surface area contributed by atoms with Gasteiger partial charge in [-0.1, -0.05) is 0 Å². The molecule has 2 aromatic rings. The smallest absolute Gasteiger partial charge is 0.174 e. The summed E-state index contributed by atoms with van der Waals surface area (Å²) in [5.74, 6) is 0.473. The van der Waals surface area contributed by atoms with Gasteiger partial charge in [0.25, 0.3) is 0 Å². The third-order valence-electron chi connectivity index (χ3n) is 1.82. The van der Waals surface area contributed by atoms with Crippen LogP contribution in [-0.4, -0.2) is 9.36 Å². The van der Waals surface area contributed by atoms with Crippen molar-refractivity contribution >= 4 is 34.1 Å². The summed E-state index contributed by atoms with van der Waals surface area (Å²) in [4.78, 5) is 4.22. The van der Waals surface area contributed by atoms with E-state index in [1.165, 1.54) is 17.6 Å². The van der Waals surface area contributed by atoms with E-state index < -0.39 is 0 Å². The van der Waals surface area contributed by atoms with E-state index in [1.807, 2.05) is 0 Å². The fourth-order valence-electron chi connectivity index (χ4n) is 1.11. The highest BCUT2D eigenvalue weighted by atomic mass is 127. The molecule has 0 aliphatic carbocycles. The van der Waals surface area contributed by atoms with Gasteiger partial charge in [0.2, 0.25) is 0 Å². The highest BCUT2D eigenvalue weighted by molar-refractivity contribution is 14.1. The highest BCUT2D eigenvalue weighted by Gasteiger charge is 2.06. The first kappa shape index (κ1) is 9.97. The molecule has 0 amide bonds. The number of nitrogens with zero attached hydrogens (tertiary/aromatic N) is 2. The molecule has 0 spiro atoms. The summed E-state index contributed by atoms with van der Waals surface area (Å²) < 4.78 is 18.0. The van der Waals surface area contributed by atoms with Crippen LogP contribution in [0, 0.1) is 15.8 Å². The summed E-state index contributed by atoms with van der Waals surface area (Å²) >= 11 is 3.45. The van der Waals surface area contributed by atoms with Crippen LogP contribution in [0.4, 0.5) is 4.39 Å². The van der Waals surface area contributed by atoms with E-state index in [1.54, 1.807) is 19.1 Å². The average Bonchev–Trinajstić information content (AvgIpc) is 2.57. The Labute approximate surface area is 98.5 Å². The van der Waals surface area contributed by atoms with Crippen LogP contribution >= 0.6 is 34.1 Å². The maximum absolute atomic E-state index is 13.0. The number of aromatic nitrogens is 2. The summed E-state index contributed by atoms with van der Waals surface area (Å²) in [5.41, 5.74) is 1.48. The van der Waals surface area contributed by atoms with Crippen molar-refractivity contribution in [1.82, 2.24) is 9.36 Å². The molecule has 0 saturated heterocycles. The zero-order valence-electron chi connectivity index (χ0n) is 7.29. The SMILES string of the molecule is Cc1cc(-c2nsc(I)n2)ccc1F. The summed E-state index contributed by atoms with van der Waals surface area (Å²) in [7, 11) is 0. The van der Waals surface area contributed by atoms with Crippen LogP contribution in [0.2, 0.25) is 0 Å². The summed E-state index contributed by atoms with van der Waals surface area (Å²) in [6.45, 7) is 1.73. The van der Waals surface area contributed by atoms with Gasteiger partial charge in [-0.15, -0.1) is 0 Å². The molecule has 0 aliphatic heterocycles. The summed E-state index contributed by atoms with van der Waals surface area (Å²) in [5, 5.41) is 0. The Balaban J connectivity index is 2.47. The third kappa shape index (κ3) is 1.93. The van der Waals surface area contributed by atoms with E-state index in [2.05, 4.69) is 31.9 Å². The van der Waals surface area contributed by atoms with Gasteiger partial charge in [-0.05, 0) is 64.8 Å². The predicted molar refractivity (Wildman–Crippen MR) is 62.8 cm³/mol. The van der Waals surface area contributed by atoms with E-state index in [-0.39, 0.29) is 5.82 Å². The van der Waals surface area contributed by atoms with Gasteiger partial charge in [0, 0.05) is 5.56 Å². The molecule has 0 bridgehead atoms. The number of halogens is 2. The van der Waals surface area contributed by atoms with Crippen LogP contribution in [0.3, 0.4) is 0 Å². The van der Waals surface area contributed by atoms with Gasteiger partial charge in [-0.25, -0.2) is 9.37 Å². The number of aryl methyl sites for hydroxylation is 1. The van der Waals surface area contributed by atoms with Gasteiger partial charge in [-0.3, -0.25) is 0 Å². The Hall–Kier alpha value is -0.560. The number of hydrogen-bond donors (Lipinski definition) is 0. The van der Waals surface area contributed by atoms with Crippen molar-refractivity contribution in [3.8, 4) is 11.4 Å². The second kappa shape index (κ2) is 3.90. The number of benzene rings is 1. The minimum Gasteiger partial charge on any atom is -0.209 e. The van der Waals surface area contributed by atoms with Gasteiger partial charge >= 0.3 is 0 Å². The quantitative estimate of drug-likeness (QED) is 0.754. The normalized spacial score (nSPS) is 10.5. The molecule has 0 saturated carbocycles. The lowest BCUT2D eigenvalue weighted by Crippen LogP contribution is -1.85. The molecule has 0 unspecified atom stereocenters. The predicted octanol–water partition coefficient (Wildman–Crippen LogP) is 3.26. The fraction of sp³-hybridized carbons (Fsp3) is 0.111. The molecule has 2 rings (SSSR count). The zero-order valence-corrected chi connectivity index (χ0v) is 10.3. The van der Waals surface area contributed by atoms with Crippen LogP contribution in [0.25, 0.3) is 11.4 Å². The average molecular weight is 320 g/mol. The van der Waals surface area contributed by atoms with Gasteiger partial charge in [0.05, 0.1) is 0 Å². The molecule has 5 heteroatoms. The van der Waals surface area contributed by atoms with Crippen molar-refractivity contribution < 1.29 is 4.39 Å². The van der Waals surface area contributed by atoms with E-state index in [0.717, 1.165) is 8.58 Å². The summed E-state index contributed by atoms with van der Waals surface area (Å²) in [6, 6.07) is 4.90. The Morgan fingerprint density at radius 2 is 2.21 bits per heavy atom. The standard InChI is InChI=1S/C9H6FIN2S/c1-5-4-6(2-3-7(5)10)8-12-9(11)14-13-8/h2-4H,1H3. The fourth-order valence-corrected chi connectivity index (χ4v) is 2.07. The third-order valence-corrected chi connectivity index (χ3v) is 3.16. The van der Waals surface area contributed by atoms with Crippen molar-refractivity contribution in [2.24, 2.45) is 0 Å². The highest BCUT2D eigenvalue weighted by Crippen LogP contribution is 2.21. The number of hydrogen-bond acceptors (Lipinski definition) is 3. The Bertz CT molecular complexity index is 470. The number of rotatable bonds is 1. The molecule has 0 radical (unpaired) electrons. The van der Waals surface area contributed by atoms with Gasteiger partial charge < -0.3 is 0 Å². The van der Waals surface area contributed by atoms with Crippen molar-refractivity contribution in [3.63, 3.8) is 0 Å². The monoisotopic (exact) mass is 320 g/mol.